The van der Waals surface area contributed by atoms with Crippen LogP contribution in [0.15, 0.2) is 6.20 Å². The molecule has 6 heteroatoms. The fourth-order valence-corrected chi connectivity index (χ4v) is 2.80. The van der Waals surface area contributed by atoms with E-state index in [0.717, 1.165) is 12.5 Å². The zero-order valence-electron chi connectivity index (χ0n) is 11.3. The SMILES string of the molecule is CCC1CCC(CNc2nc(NN)ncc2Cl)CC1. The van der Waals surface area contributed by atoms with E-state index < -0.39 is 0 Å². The number of hydrogen-bond donors (Lipinski definition) is 3. The molecule has 0 spiro atoms. The van der Waals surface area contributed by atoms with Gasteiger partial charge in [0.25, 0.3) is 0 Å². The van der Waals surface area contributed by atoms with Crippen LogP contribution < -0.4 is 16.6 Å². The summed E-state index contributed by atoms with van der Waals surface area (Å²) < 4.78 is 0. The Labute approximate surface area is 119 Å². The predicted octanol–water partition coefficient (Wildman–Crippen LogP) is 3.04. The predicted molar refractivity (Wildman–Crippen MR) is 79.1 cm³/mol. The number of rotatable bonds is 5. The number of nitrogens with two attached hydrogens (primary N) is 1. The molecule has 0 atom stereocenters. The van der Waals surface area contributed by atoms with Crippen molar-refractivity contribution < 1.29 is 0 Å². The smallest absolute Gasteiger partial charge is 0.239 e. The second kappa shape index (κ2) is 6.91. The molecule has 0 amide bonds. The highest BCUT2D eigenvalue weighted by Crippen LogP contribution is 2.31. The van der Waals surface area contributed by atoms with E-state index in [1.807, 2.05) is 0 Å². The average Bonchev–Trinajstić information content (AvgIpc) is 2.47. The van der Waals surface area contributed by atoms with Gasteiger partial charge in [0.2, 0.25) is 5.95 Å². The lowest BCUT2D eigenvalue weighted by Crippen LogP contribution is -2.21. The highest BCUT2D eigenvalue weighted by Gasteiger charge is 2.20. The molecule has 1 saturated carbocycles. The third-order valence-electron chi connectivity index (χ3n) is 3.98. The van der Waals surface area contributed by atoms with Crippen molar-refractivity contribution in [1.29, 1.82) is 0 Å². The molecule has 106 valence electrons. The molecule has 0 bridgehead atoms. The maximum absolute atomic E-state index is 6.06. The maximum Gasteiger partial charge on any atom is 0.239 e. The van der Waals surface area contributed by atoms with E-state index in [1.165, 1.54) is 32.1 Å². The first kappa shape index (κ1) is 14.3. The molecule has 1 heterocycles. The lowest BCUT2D eigenvalue weighted by Gasteiger charge is -2.28. The number of hydrogen-bond acceptors (Lipinski definition) is 5. The van der Waals surface area contributed by atoms with Crippen LogP contribution in [0.25, 0.3) is 0 Å². The highest BCUT2D eigenvalue weighted by atomic mass is 35.5. The Morgan fingerprint density at radius 2 is 2.00 bits per heavy atom. The number of halogens is 1. The van der Waals surface area contributed by atoms with Crippen LogP contribution in [0.3, 0.4) is 0 Å². The van der Waals surface area contributed by atoms with Gasteiger partial charge in [0, 0.05) is 6.54 Å². The molecule has 1 aromatic rings. The summed E-state index contributed by atoms with van der Waals surface area (Å²) in [6.07, 6.45) is 8.13. The summed E-state index contributed by atoms with van der Waals surface area (Å²) in [5.41, 5.74) is 2.43. The molecule has 4 N–H and O–H groups in total. The fourth-order valence-electron chi connectivity index (χ4n) is 2.65. The Morgan fingerprint density at radius 1 is 1.32 bits per heavy atom. The van der Waals surface area contributed by atoms with Crippen molar-refractivity contribution in [3.63, 3.8) is 0 Å². The van der Waals surface area contributed by atoms with Crippen molar-refractivity contribution in [1.82, 2.24) is 9.97 Å². The summed E-state index contributed by atoms with van der Waals surface area (Å²) in [7, 11) is 0. The van der Waals surface area contributed by atoms with Crippen molar-refractivity contribution in [3.05, 3.63) is 11.2 Å². The van der Waals surface area contributed by atoms with Crippen molar-refractivity contribution in [2.45, 2.75) is 39.0 Å². The van der Waals surface area contributed by atoms with Crippen LogP contribution >= 0.6 is 11.6 Å². The van der Waals surface area contributed by atoms with Gasteiger partial charge in [-0.1, -0.05) is 37.8 Å². The lowest BCUT2D eigenvalue weighted by molar-refractivity contribution is 0.278. The Balaban J connectivity index is 1.85. The van der Waals surface area contributed by atoms with Gasteiger partial charge in [-0.15, -0.1) is 0 Å². The zero-order chi connectivity index (χ0) is 13.7. The minimum Gasteiger partial charge on any atom is -0.368 e. The summed E-state index contributed by atoms with van der Waals surface area (Å²) in [6.45, 7) is 3.20. The number of anilines is 2. The lowest BCUT2D eigenvalue weighted by atomic mass is 9.81. The molecule has 1 fully saturated rings. The van der Waals surface area contributed by atoms with Crippen LogP contribution in [0.5, 0.6) is 0 Å². The van der Waals surface area contributed by atoms with Crippen molar-refractivity contribution in [2.75, 3.05) is 17.3 Å². The first-order chi connectivity index (χ1) is 9.22. The summed E-state index contributed by atoms with van der Waals surface area (Å²) >= 11 is 6.06. The van der Waals surface area contributed by atoms with Crippen molar-refractivity contribution in [3.8, 4) is 0 Å². The number of hydrazine groups is 1. The first-order valence-corrected chi connectivity index (χ1v) is 7.33. The summed E-state index contributed by atoms with van der Waals surface area (Å²) in [5.74, 6) is 7.96. The molecule has 1 aromatic heterocycles. The first-order valence-electron chi connectivity index (χ1n) is 6.96. The van der Waals surface area contributed by atoms with Crippen LogP contribution in [0.2, 0.25) is 5.02 Å². The van der Waals surface area contributed by atoms with Gasteiger partial charge in [-0.25, -0.2) is 10.8 Å². The van der Waals surface area contributed by atoms with E-state index >= 15 is 0 Å². The van der Waals surface area contributed by atoms with Gasteiger partial charge in [-0.3, -0.25) is 5.43 Å². The van der Waals surface area contributed by atoms with Gasteiger partial charge in [-0.05, 0) is 24.7 Å². The highest BCUT2D eigenvalue weighted by molar-refractivity contribution is 6.32. The number of nitrogens with zero attached hydrogens (tertiary/aromatic N) is 2. The molecule has 1 aliphatic rings. The van der Waals surface area contributed by atoms with Gasteiger partial charge in [0.15, 0.2) is 5.82 Å². The molecule has 0 aliphatic heterocycles. The van der Waals surface area contributed by atoms with Crippen LogP contribution in [-0.2, 0) is 0 Å². The number of nitrogen functional groups attached to an aromatic ring is 1. The van der Waals surface area contributed by atoms with Gasteiger partial charge >= 0.3 is 0 Å². The quantitative estimate of drug-likeness (QED) is 0.572. The Morgan fingerprint density at radius 3 is 2.63 bits per heavy atom. The third kappa shape index (κ3) is 3.94. The second-order valence-corrected chi connectivity index (χ2v) is 5.62. The van der Waals surface area contributed by atoms with E-state index in [4.69, 9.17) is 17.4 Å². The monoisotopic (exact) mass is 283 g/mol. The molecule has 0 unspecified atom stereocenters. The fraction of sp³-hybridized carbons (Fsp3) is 0.692. The largest absolute Gasteiger partial charge is 0.368 e. The molecule has 2 rings (SSSR count). The van der Waals surface area contributed by atoms with Crippen molar-refractivity contribution >= 4 is 23.4 Å². The number of nitrogens with one attached hydrogen (secondary N) is 2. The van der Waals surface area contributed by atoms with E-state index in [1.54, 1.807) is 6.20 Å². The minimum absolute atomic E-state index is 0.376. The zero-order valence-corrected chi connectivity index (χ0v) is 12.1. The molecular weight excluding hydrogens is 262 g/mol. The molecular formula is C13H22ClN5. The van der Waals surface area contributed by atoms with E-state index in [9.17, 15) is 0 Å². The van der Waals surface area contributed by atoms with Crippen LogP contribution in [0.1, 0.15) is 39.0 Å². The van der Waals surface area contributed by atoms with Crippen molar-refractivity contribution in [2.24, 2.45) is 17.7 Å². The minimum atomic E-state index is 0.376. The van der Waals surface area contributed by atoms with Crippen LogP contribution in [0, 0.1) is 11.8 Å². The van der Waals surface area contributed by atoms with E-state index in [-0.39, 0.29) is 0 Å². The topological polar surface area (TPSA) is 75.9 Å². The van der Waals surface area contributed by atoms with Gasteiger partial charge in [0.1, 0.15) is 5.02 Å². The maximum atomic E-state index is 6.06. The van der Waals surface area contributed by atoms with E-state index in [0.29, 0.717) is 22.7 Å². The van der Waals surface area contributed by atoms with Gasteiger partial charge in [-0.2, -0.15) is 4.98 Å². The molecule has 0 saturated heterocycles. The molecule has 19 heavy (non-hydrogen) atoms. The summed E-state index contributed by atoms with van der Waals surface area (Å²) in [5, 5.41) is 3.84. The standard InChI is InChI=1S/C13H22ClN5/c1-2-9-3-5-10(6-4-9)7-16-12-11(14)8-17-13(18-12)19-15/h8-10H,2-7,15H2,1H3,(H2,16,17,18,19). The van der Waals surface area contributed by atoms with Gasteiger partial charge < -0.3 is 5.32 Å². The molecule has 5 nitrogen and oxygen atoms in total. The molecule has 0 aromatic carbocycles. The van der Waals surface area contributed by atoms with Crippen LogP contribution in [0.4, 0.5) is 11.8 Å². The summed E-state index contributed by atoms with van der Waals surface area (Å²) in [6, 6.07) is 0. The third-order valence-corrected chi connectivity index (χ3v) is 4.25. The average molecular weight is 284 g/mol. The summed E-state index contributed by atoms with van der Waals surface area (Å²) in [4.78, 5) is 8.17. The molecule has 1 aliphatic carbocycles. The second-order valence-electron chi connectivity index (χ2n) is 5.21. The van der Waals surface area contributed by atoms with E-state index in [2.05, 4.69) is 27.6 Å². The Bertz CT molecular complexity index is 404. The Hall–Kier alpha value is -1.07. The van der Waals surface area contributed by atoms with Gasteiger partial charge in [0.05, 0.1) is 6.20 Å². The normalized spacial score (nSPS) is 23.1. The molecule has 0 radical (unpaired) electrons. The van der Waals surface area contributed by atoms with Crippen LogP contribution in [-0.4, -0.2) is 16.5 Å². The number of aromatic nitrogens is 2. The Kier molecular flexibility index (Phi) is 5.22.